The summed E-state index contributed by atoms with van der Waals surface area (Å²) in [7, 11) is 0. The fourth-order valence-corrected chi connectivity index (χ4v) is 2.10. The number of rotatable bonds is 4. The summed E-state index contributed by atoms with van der Waals surface area (Å²) >= 11 is 0. The van der Waals surface area contributed by atoms with Gasteiger partial charge in [0, 0.05) is 19.2 Å². The maximum atomic E-state index is 11.8. The van der Waals surface area contributed by atoms with Gasteiger partial charge in [-0.2, -0.15) is 0 Å². The first-order valence-electron chi connectivity index (χ1n) is 6.32. The molecule has 0 radical (unpaired) electrons. The highest BCUT2D eigenvalue weighted by molar-refractivity contribution is 5.92. The fraction of sp³-hybridized carbons (Fsp3) is 0.615. The molecule has 0 saturated carbocycles. The molecule has 1 aromatic heterocycles. The van der Waals surface area contributed by atoms with E-state index in [4.69, 9.17) is 9.15 Å². The Morgan fingerprint density at radius 2 is 2.18 bits per heavy atom. The van der Waals surface area contributed by atoms with E-state index in [9.17, 15) is 4.79 Å². The SMILES string of the molecule is CCCOC(=O)c1occc1N1CCCCC1. The minimum atomic E-state index is -0.350. The van der Waals surface area contributed by atoms with Gasteiger partial charge >= 0.3 is 5.97 Å². The van der Waals surface area contributed by atoms with Crippen molar-refractivity contribution in [2.45, 2.75) is 32.6 Å². The summed E-state index contributed by atoms with van der Waals surface area (Å²) < 4.78 is 10.4. The van der Waals surface area contributed by atoms with Crippen LogP contribution in [0.1, 0.15) is 43.2 Å². The number of carbonyl (C=O) groups is 1. The third kappa shape index (κ3) is 2.81. The topological polar surface area (TPSA) is 42.7 Å². The van der Waals surface area contributed by atoms with Crippen LogP contribution in [0.15, 0.2) is 16.7 Å². The van der Waals surface area contributed by atoms with E-state index in [-0.39, 0.29) is 5.97 Å². The van der Waals surface area contributed by atoms with Crippen LogP contribution >= 0.6 is 0 Å². The third-order valence-electron chi connectivity index (χ3n) is 2.96. The Balaban J connectivity index is 2.07. The van der Waals surface area contributed by atoms with Gasteiger partial charge in [0.15, 0.2) is 0 Å². The maximum absolute atomic E-state index is 11.8. The zero-order valence-electron chi connectivity index (χ0n) is 10.3. The van der Waals surface area contributed by atoms with E-state index in [1.165, 1.54) is 19.3 Å². The summed E-state index contributed by atoms with van der Waals surface area (Å²) in [4.78, 5) is 14.0. The molecule has 17 heavy (non-hydrogen) atoms. The van der Waals surface area contributed by atoms with Crippen molar-refractivity contribution in [3.05, 3.63) is 18.1 Å². The number of esters is 1. The lowest BCUT2D eigenvalue weighted by molar-refractivity contribution is 0.0469. The average Bonchev–Trinajstić information content (AvgIpc) is 2.86. The van der Waals surface area contributed by atoms with E-state index in [2.05, 4.69) is 4.90 Å². The molecular weight excluding hydrogens is 218 g/mol. The van der Waals surface area contributed by atoms with Crippen molar-refractivity contribution in [3.8, 4) is 0 Å². The molecule has 1 aliphatic heterocycles. The molecule has 0 atom stereocenters. The number of furan rings is 1. The van der Waals surface area contributed by atoms with Crippen LogP contribution in [0.2, 0.25) is 0 Å². The first-order valence-corrected chi connectivity index (χ1v) is 6.32. The lowest BCUT2D eigenvalue weighted by Gasteiger charge is -2.27. The monoisotopic (exact) mass is 237 g/mol. The zero-order chi connectivity index (χ0) is 12.1. The summed E-state index contributed by atoms with van der Waals surface area (Å²) in [5.74, 6) is -0.00206. The van der Waals surface area contributed by atoms with Gasteiger partial charge in [-0.05, 0) is 25.7 Å². The van der Waals surface area contributed by atoms with Crippen LogP contribution in [0.25, 0.3) is 0 Å². The van der Waals surface area contributed by atoms with E-state index in [1.807, 2.05) is 13.0 Å². The number of carbonyl (C=O) groups excluding carboxylic acids is 1. The molecule has 2 rings (SSSR count). The Labute approximate surface area is 102 Å². The third-order valence-corrected chi connectivity index (χ3v) is 2.96. The van der Waals surface area contributed by atoms with E-state index in [0.29, 0.717) is 12.4 Å². The lowest BCUT2D eigenvalue weighted by atomic mass is 10.1. The van der Waals surface area contributed by atoms with Crippen LogP contribution < -0.4 is 4.90 Å². The van der Waals surface area contributed by atoms with Gasteiger partial charge in [0.05, 0.1) is 18.6 Å². The molecule has 1 aliphatic rings. The summed E-state index contributed by atoms with van der Waals surface area (Å²) in [5, 5.41) is 0. The van der Waals surface area contributed by atoms with Gasteiger partial charge in [-0.25, -0.2) is 4.79 Å². The van der Waals surface area contributed by atoms with Crippen molar-refractivity contribution in [1.82, 2.24) is 0 Å². The van der Waals surface area contributed by atoms with Crippen molar-refractivity contribution in [3.63, 3.8) is 0 Å². The summed E-state index contributed by atoms with van der Waals surface area (Å²) in [6.07, 6.45) is 6.01. The van der Waals surface area contributed by atoms with Gasteiger partial charge in [0.25, 0.3) is 0 Å². The number of piperidine rings is 1. The highest BCUT2D eigenvalue weighted by Gasteiger charge is 2.22. The Bertz CT molecular complexity index is 366. The molecule has 4 nitrogen and oxygen atoms in total. The molecule has 0 N–H and O–H groups in total. The van der Waals surface area contributed by atoms with Crippen LogP contribution in [-0.4, -0.2) is 25.7 Å². The molecule has 94 valence electrons. The molecule has 2 heterocycles. The fourth-order valence-electron chi connectivity index (χ4n) is 2.10. The first-order chi connectivity index (χ1) is 8.33. The van der Waals surface area contributed by atoms with E-state index in [1.54, 1.807) is 6.26 Å². The molecule has 1 aromatic rings. The van der Waals surface area contributed by atoms with E-state index >= 15 is 0 Å². The normalized spacial score (nSPS) is 15.9. The number of nitrogens with zero attached hydrogens (tertiary/aromatic N) is 1. The zero-order valence-corrected chi connectivity index (χ0v) is 10.3. The number of hydrogen-bond donors (Lipinski definition) is 0. The molecule has 0 aliphatic carbocycles. The summed E-state index contributed by atoms with van der Waals surface area (Å²) in [5.41, 5.74) is 0.880. The molecule has 1 saturated heterocycles. The summed E-state index contributed by atoms with van der Waals surface area (Å²) in [6, 6.07) is 1.86. The van der Waals surface area contributed by atoms with E-state index < -0.39 is 0 Å². The smallest absolute Gasteiger partial charge is 0.376 e. The standard InChI is InChI=1S/C13H19NO3/c1-2-9-17-13(15)12-11(6-10-16-12)14-7-4-3-5-8-14/h6,10H,2-5,7-9H2,1H3. The molecule has 0 aromatic carbocycles. The molecule has 0 spiro atoms. The Morgan fingerprint density at radius 1 is 1.41 bits per heavy atom. The molecule has 1 fully saturated rings. The minimum Gasteiger partial charge on any atom is -0.460 e. The lowest BCUT2D eigenvalue weighted by Crippen LogP contribution is -2.30. The highest BCUT2D eigenvalue weighted by atomic mass is 16.5. The number of ether oxygens (including phenoxy) is 1. The first kappa shape index (κ1) is 12.0. The second-order valence-electron chi connectivity index (χ2n) is 4.32. The maximum Gasteiger partial charge on any atom is 0.376 e. The summed E-state index contributed by atoms with van der Waals surface area (Å²) in [6.45, 7) is 4.40. The Kier molecular flexibility index (Phi) is 4.07. The quantitative estimate of drug-likeness (QED) is 0.755. The molecule has 0 bridgehead atoms. The van der Waals surface area contributed by atoms with Gasteiger partial charge in [0.2, 0.25) is 5.76 Å². The van der Waals surface area contributed by atoms with Crippen molar-refractivity contribution < 1.29 is 13.9 Å². The average molecular weight is 237 g/mol. The van der Waals surface area contributed by atoms with Crippen LogP contribution in [0, 0.1) is 0 Å². The predicted molar refractivity (Wildman–Crippen MR) is 65.3 cm³/mol. The van der Waals surface area contributed by atoms with Gasteiger partial charge < -0.3 is 14.1 Å². The van der Waals surface area contributed by atoms with Crippen LogP contribution in [0.4, 0.5) is 5.69 Å². The van der Waals surface area contributed by atoms with Gasteiger partial charge in [-0.3, -0.25) is 0 Å². The van der Waals surface area contributed by atoms with Gasteiger partial charge in [-0.1, -0.05) is 6.92 Å². The molecular formula is C13H19NO3. The van der Waals surface area contributed by atoms with Gasteiger partial charge in [0.1, 0.15) is 0 Å². The van der Waals surface area contributed by atoms with E-state index in [0.717, 1.165) is 25.2 Å². The van der Waals surface area contributed by atoms with Crippen molar-refractivity contribution in [1.29, 1.82) is 0 Å². The van der Waals surface area contributed by atoms with Crippen LogP contribution in [-0.2, 0) is 4.74 Å². The molecule has 4 heteroatoms. The molecule has 0 amide bonds. The minimum absolute atomic E-state index is 0.348. The largest absolute Gasteiger partial charge is 0.460 e. The van der Waals surface area contributed by atoms with Crippen molar-refractivity contribution in [2.24, 2.45) is 0 Å². The number of anilines is 1. The van der Waals surface area contributed by atoms with Crippen LogP contribution in [0.5, 0.6) is 0 Å². The highest BCUT2D eigenvalue weighted by Crippen LogP contribution is 2.25. The van der Waals surface area contributed by atoms with Gasteiger partial charge in [-0.15, -0.1) is 0 Å². The second kappa shape index (κ2) is 5.75. The Morgan fingerprint density at radius 3 is 2.88 bits per heavy atom. The second-order valence-corrected chi connectivity index (χ2v) is 4.32. The van der Waals surface area contributed by atoms with Crippen molar-refractivity contribution in [2.75, 3.05) is 24.6 Å². The Hall–Kier alpha value is -1.45. The van der Waals surface area contributed by atoms with Crippen LogP contribution in [0.3, 0.4) is 0 Å². The molecule has 0 unspecified atom stereocenters. The predicted octanol–water partition coefficient (Wildman–Crippen LogP) is 2.84. The number of hydrogen-bond acceptors (Lipinski definition) is 4. The van der Waals surface area contributed by atoms with Crippen molar-refractivity contribution >= 4 is 11.7 Å².